The Morgan fingerprint density at radius 1 is 1.58 bits per heavy atom. The Hall–Kier alpha value is -2.15. The molecule has 7 nitrogen and oxygen atoms in total. The topological polar surface area (TPSA) is 90.7 Å². The van der Waals surface area contributed by atoms with Gasteiger partial charge in [0.25, 0.3) is 5.91 Å². The van der Waals surface area contributed by atoms with Crippen molar-refractivity contribution in [1.82, 2.24) is 0 Å². The zero-order chi connectivity index (χ0) is 13.8. The third kappa shape index (κ3) is 3.00. The summed E-state index contributed by atoms with van der Waals surface area (Å²) in [6.45, 7) is 0.570. The number of ether oxygens (including phenoxy) is 2. The molecule has 1 N–H and O–H groups in total. The molecule has 0 bridgehead atoms. The molecule has 1 amide bonds. The van der Waals surface area contributed by atoms with Crippen molar-refractivity contribution in [2.75, 3.05) is 19.0 Å². The number of nitro groups is 1. The van der Waals surface area contributed by atoms with Gasteiger partial charge in [0.2, 0.25) is 0 Å². The molecule has 1 aliphatic rings. The number of nitrogens with one attached hydrogen (secondary N) is 1. The first kappa shape index (κ1) is 13.3. The zero-order valence-electron chi connectivity index (χ0n) is 10.4. The lowest BCUT2D eigenvalue weighted by Crippen LogP contribution is -2.26. The number of nitro benzene ring substituents is 1. The Bertz CT molecular complexity index is 497. The number of benzene rings is 1. The second-order valence-electron chi connectivity index (χ2n) is 4.13. The number of hydrogen-bond donors (Lipinski definition) is 1. The lowest BCUT2D eigenvalue weighted by molar-refractivity contribution is -0.385. The summed E-state index contributed by atoms with van der Waals surface area (Å²) < 4.78 is 10.1. The molecule has 1 aromatic carbocycles. The number of carbonyl (C=O) groups excluding carboxylic acids is 1. The molecule has 1 saturated heterocycles. The minimum absolute atomic E-state index is 0.153. The van der Waals surface area contributed by atoms with Crippen molar-refractivity contribution >= 4 is 17.3 Å². The number of hydrogen-bond acceptors (Lipinski definition) is 5. The SMILES string of the molecule is COc1ccc(NC(=O)C2CCCO2)cc1[N+](=O)[O-]. The first-order valence-electron chi connectivity index (χ1n) is 5.86. The van der Waals surface area contributed by atoms with Crippen molar-refractivity contribution in [2.24, 2.45) is 0 Å². The van der Waals surface area contributed by atoms with E-state index in [1.54, 1.807) is 6.07 Å². The predicted octanol–water partition coefficient (Wildman–Crippen LogP) is 1.72. The van der Waals surface area contributed by atoms with Crippen LogP contribution in [-0.2, 0) is 9.53 Å². The van der Waals surface area contributed by atoms with E-state index in [4.69, 9.17) is 9.47 Å². The molecule has 1 atom stereocenters. The van der Waals surface area contributed by atoms with Gasteiger partial charge in [-0.05, 0) is 25.0 Å². The van der Waals surface area contributed by atoms with Crippen LogP contribution in [0.2, 0.25) is 0 Å². The van der Waals surface area contributed by atoms with Gasteiger partial charge in [-0.1, -0.05) is 0 Å². The van der Waals surface area contributed by atoms with Crippen LogP contribution in [0.25, 0.3) is 0 Å². The third-order valence-corrected chi connectivity index (χ3v) is 2.87. The van der Waals surface area contributed by atoms with E-state index in [0.717, 1.165) is 6.42 Å². The molecule has 1 aromatic rings. The molecule has 102 valence electrons. The zero-order valence-corrected chi connectivity index (χ0v) is 10.4. The molecular weight excluding hydrogens is 252 g/mol. The van der Waals surface area contributed by atoms with Gasteiger partial charge in [-0.15, -0.1) is 0 Å². The van der Waals surface area contributed by atoms with Crippen molar-refractivity contribution < 1.29 is 19.2 Å². The summed E-state index contributed by atoms with van der Waals surface area (Å²) in [7, 11) is 1.35. The molecule has 1 heterocycles. The quantitative estimate of drug-likeness (QED) is 0.661. The van der Waals surface area contributed by atoms with Crippen LogP contribution in [0.3, 0.4) is 0 Å². The number of nitrogens with zero attached hydrogens (tertiary/aromatic N) is 1. The summed E-state index contributed by atoms with van der Waals surface area (Å²) in [5.41, 5.74) is 0.167. The highest BCUT2D eigenvalue weighted by Gasteiger charge is 2.24. The third-order valence-electron chi connectivity index (χ3n) is 2.87. The second kappa shape index (κ2) is 5.66. The van der Waals surface area contributed by atoms with Crippen LogP contribution in [-0.4, -0.2) is 30.7 Å². The number of methoxy groups -OCH3 is 1. The van der Waals surface area contributed by atoms with Crippen LogP contribution >= 0.6 is 0 Å². The van der Waals surface area contributed by atoms with E-state index < -0.39 is 11.0 Å². The van der Waals surface area contributed by atoms with Crippen molar-refractivity contribution in [3.05, 3.63) is 28.3 Å². The molecule has 2 rings (SSSR count). The smallest absolute Gasteiger partial charge is 0.312 e. The van der Waals surface area contributed by atoms with Crippen LogP contribution in [0.15, 0.2) is 18.2 Å². The van der Waals surface area contributed by atoms with Crippen molar-refractivity contribution in [1.29, 1.82) is 0 Å². The molecule has 19 heavy (non-hydrogen) atoms. The Morgan fingerprint density at radius 3 is 2.95 bits per heavy atom. The summed E-state index contributed by atoms with van der Waals surface area (Å²) in [6.07, 6.45) is 1.05. The fraction of sp³-hybridized carbons (Fsp3) is 0.417. The predicted molar refractivity (Wildman–Crippen MR) is 67.3 cm³/mol. The van der Waals surface area contributed by atoms with Gasteiger partial charge >= 0.3 is 5.69 Å². The van der Waals surface area contributed by atoms with E-state index >= 15 is 0 Å². The van der Waals surface area contributed by atoms with Crippen molar-refractivity contribution in [3.63, 3.8) is 0 Å². The van der Waals surface area contributed by atoms with Gasteiger partial charge < -0.3 is 14.8 Å². The molecule has 0 saturated carbocycles. The Labute approximate surface area is 109 Å². The molecule has 1 aliphatic heterocycles. The number of carbonyl (C=O) groups is 1. The normalized spacial score (nSPS) is 18.1. The van der Waals surface area contributed by atoms with Crippen LogP contribution in [0, 0.1) is 10.1 Å². The van der Waals surface area contributed by atoms with Crippen LogP contribution in [0.1, 0.15) is 12.8 Å². The van der Waals surface area contributed by atoms with Gasteiger partial charge in [0.1, 0.15) is 6.10 Å². The summed E-state index contributed by atoms with van der Waals surface area (Å²) in [5.74, 6) is -0.128. The van der Waals surface area contributed by atoms with E-state index in [0.29, 0.717) is 18.7 Å². The molecular formula is C12H14N2O5. The van der Waals surface area contributed by atoms with Gasteiger partial charge in [0, 0.05) is 18.4 Å². The van der Waals surface area contributed by atoms with E-state index in [1.165, 1.54) is 19.2 Å². The lowest BCUT2D eigenvalue weighted by Gasteiger charge is -2.11. The van der Waals surface area contributed by atoms with E-state index in [1.807, 2.05) is 0 Å². The van der Waals surface area contributed by atoms with Gasteiger partial charge in [-0.3, -0.25) is 14.9 Å². The highest BCUT2D eigenvalue weighted by Crippen LogP contribution is 2.29. The fourth-order valence-electron chi connectivity index (χ4n) is 1.92. The highest BCUT2D eigenvalue weighted by atomic mass is 16.6. The first-order chi connectivity index (χ1) is 9.11. The Balaban J connectivity index is 2.14. The minimum atomic E-state index is -0.555. The highest BCUT2D eigenvalue weighted by molar-refractivity contribution is 5.94. The average molecular weight is 266 g/mol. The van der Waals surface area contributed by atoms with Gasteiger partial charge in [0.05, 0.1) is 12.0 Å². The van der Waals surface area contributed by atoms with E-state index in [9.17, 15) is 14.9 Å². The van der Waals surface area contributed by atoms with Gasteiger partial charge in [0.15, 0.2) is 5.75 Å². The maximum Gasteiger partial charge on any atom is 0.312 e. The molecule has 1 fully saturated rings. The molecule has 1 unspecified atom stereocenters. The fourth-order valence-corrected chi connectivity index (χ4v) is 1.92. The Morgan fingerprint density at radius 2 is 2.37 bits per heavy atom. The number of rotatable bonds is 4. The average Bonchev–Trinajstić information content (AvgIpc) is 2.92. The van der Waals surface area contributed by atoms with Crippen LogP contribution < -0.4 is 10.1 Å². The number of amides is 1. The number of anilines is 1. The monoisotopic (exact) mass is 266 g/mol. The summed E-state index contributed by atoms with van der Waals surface area (Å²) in [6, 6.07) is 4.27. The first-order valence-corrected chi connectivity index (χ1v) is 5.86. The standard InChI is InChI=1S/C12H14N2O5/c1-18-10-5-4-8(7-9(10)14(16)17)13-12(15)11-3-2-6-19-11/h4-5,7,11H,2-3,6H2,1H3,(H,13,15). The van der Waals surface area contributed by atoms with Gasteiger partial charge in [-0.2, -0.15) is 0 Å². The summed E-state index contributed by atoms with van der Waals surface area (Å²) in [5, 5.41) is 13.5. The minimum Gasteiger partial charge on any atom is -0.490 e. The van der Waals surface area contributed by atoms with Crippen molar-refractivity contribution in [2.45, 2.75) is 18.9 Å². The second-order valence-corrected chi connectivity index (χ2v) is 4.13. The summed E-state index contributed by atoms with van der Waals surface area (Å²) in [4.78, 5) is 22.1. The molecule has 0 aliphatic carbocycles. The molecule has 0 aromatic heterocycles. The lowest BCUT2D eigenvalue weighted by atomic mass is 10.2. The van der Waals surface area contributed by atoms with E-state index in [-0.39, 0.29) is 17.3 Å². The summed E-state index contributed by atoms with van der Waals surface area (Å²) >= 11 is 0. The molecule has 0 radical (unpaired) electrons. The van der Waals surface area contributed by atoms with Crippen molar-refractivity contribution in [3.8, 4) is 5.75 Å². The van der Waals surface area contributed by atoms with Crippen LogP contribution in [0.4, 0.5) is 11.4 Å². The Kier molecular flexibility index (Phi) is 3.96. The van der Waals surface area contributed by atoms with E-state index in [2.05, 4.69) is 5.32 Å². The van der Waals surface area contributed by atoms with Crippen LogP contribution in [0.5, 0.6) is 5.75 Å². The molecule has 0 spiro atoms. The largest absolute Gasteiger partial charge is 0.490 e. The maximum absolute atomic E-state index is 11.8. The maximum atomic E-state index is 11.8. The molecule has 7 heteroatoms. The van der Waals surface area contributed by atoms with Gasteiger partial charge in [-0.25, -0.2) is 0 Å².